The normalized spacial score (nSPS) is 24.9. The topological polar surface area (TPSA) is 125 Å². The molecular weight excluding hydrogens is 428 g/mol. The van der Waals surface area contributed by atoms with Gasteiger partial charge in [0, 0.05) is 30.3 Å². The minimum absolute atomic E-state index is 0.0147. The number of Topliss-reactive ketones (excluding diaryl/α,β-unsaturated/α-hetero) is 1. The summed E-state index contributed by atoms with van der Waals surface area (Å²) in [7, 11) is 0. The standard InChI is InChI=1S/C24H36N2O7/c1-13(2)18(27)10-17-20(33-24(30)15(5)6)19(12-31-23(29)14(3)4)32-22(17)26-9-7-8-16(11-26)21(25)28/h7,9,11,13-15,17,19-20,22H,8,10,12H2,1-6H3,(H2,25,28)/t17-,19-,20+,22-/m1/s1. The molecule has 2 aliphatic rings. The van der Waals surface area contributed by atoms with Gasteiger partial charge < -0.3 is 24.8 Å². The minimum Gasteiger partial charge on any atom is -0.463 e. The Morgan fingerprint density at radius 1 is 1.06 bits per heavy atom. The van der Waals surface area contributed by atoms with Crippen LogP contribution in [0.25, 0.3) is 0 Å². The fourth-order valence-corrected chi connectivity index (χ4v) is 3.57. The van der Waals surface area contributed by atoms with Crippen molar-refractivity contribution in [3.05, 3.63) is 24.0 Å². The number of nitrogens with zero attached hydrogens (tertiary/aromatic N) is 1. The lowest BCUT2D eigenvalue weighted by Crippen LogP contribution is -2.40. The Bertz CT molecular complexity index is 816. The molecule has 2 N–H and O–H groups in total. The average Bonchev–Trinajstić information content (AvgIpc) is 3.08. The van der Waals surface area contributed by atoms with Gasteiger partial charge >= 0.3 is 11.9 Å². The van der Waals surface area contributed by atoms with Crippen molar-refractivity contribution in [1.82, 2.24) is 4.90 Å². The van der Waals surface area contributed by atoms with E-state index in [-0.39, 0.29) is 36.6 Å². The average molecular weight is 465 g/mol. The maximum atomic E-state index is 12.7. The van der Waals surface area contributed by atoms with Gasteiger partial charge in [0.15, 0.2) is 0 Å². The first-order valence-electron chi connectivity index (χ1n) is 11.4. The third-order valence-electron chi connectivity index (χ3n) is 5.67. The Kier molecular flexibility index (Phi) is 9.22. The summed E-state index contributed by atoms with van der Waals surface area (Å²) in [4.78, 5) is 50.7. The van der Waals surface area contributed by atoms with E-state index in [1.54, 1.807) is 64.9 Å². The first-order valence-corrected chi connectivity index (χ1v) is 11.4. The zero-order valence-corrected chi connectivity index (χ0v) is 20.3. The van der Waals surface area contributed by atoms with Gasteiger partial charge in [0.1, 0.15) is 30.8 Å². The van der Waals surface area contributed by atoms with Gasteiger partial charge in [-0.1, -0.05) is 47.6 Å². The number of carbonyl (C=O) groups excluding carboxylic acids is 4. The van der Waals surface area contributed by atoms with Crippen LogP contribution in [-0.2, 0) is 33.4 Å². The molecule has 2 aliphatic heterocycles. The van der Waals surface area contributed by atoms with E-state index in [1.807, 2.05) is 0 Å². The van der Waals surface area contributed by atoms with Crippen molar-refractivity contribution in [1.29, 1.82) is 0 Å². The third-order valence-corrected chi connectivity index (χ3v) is 5.67. The number of primary amides is 1. The van der Waals surface area contributed by atoms with E-state index < -0.39 is 42.2 Å². The predicted octanol–water partition coefficient (Wildman–Crippen LogP) is 2.30. The van der Waals surface area contributed by atoms with E-state index in [1.165, 1.54) is 0 Å². The van der Waals surface area contributed by atoms with Gasteiger partial charge in [0.25, 0.3) is 0 Å². The molecule has 1 amide bonds. The molecule has 0 aromatic rings. The Balaban J connectivity index is 2.40. The number of ketones is 1. The van der Waals surface area contributed by atoms with Gasteiger partial charge in [-0.25, -0.2) is 0 Å². The summed E-state index contributed by atoms with van der Waals surface area (Å²) >= 11 is 0. The number of rotatable bonds is 10. The Morgan fingerprint density at radius 3 is 2.24 bits per heavy atom. The van der Waals surface area contributed by atoms with E-state index in [2.05, 4.69) is 0 Å². The van der Waals surface area contributed by atoms with Crippen molar-refractivity contribution in [2.75, 3.05) is 6.61 Å². The van der Waals surface area contributed by atoms with Gasteiger partial charge in [-0.3, -0.25) is 19.2 Å². The maximum Gasteiger partial charge on any atom is 0.308 e. The van der Waals surface area contributed by atoms with E-state index in [9.17, 15) is 19.2 Å². The molecule has 2 rings (SSSR count). The molecule has 9 nitrogen and oxygen atoms in total. The van der Waals surface area contributed by atoms with Crippen LogP contribution in [0.4, 0.5) is 0 Å². The van der Waals surface area contributed by atoms with E-state index in [0.717, 1.165) is 0 Å². The highest BCUT2D eigenvalue weighted by molar-refractivity contribution is 5.92. The number of amides is 1. The number of ether oxygens (including phenoxy) is 3. The SMILES string of the molecule is CC(C)C(=O)C[C@@H]1[C@H](OC(=O)C(C)C)[C@@H](COC(=O)C(C)C)O[C@H]1N1C=CCC(C(N)=O)=C1. The zero-order valence-electron chi connectivity index (χ0n) is 20.3. The molecule has 1 saturated heterocycles. The Hall–Kier alpha value is -2.68. The molecule has 4 atom stereocenters. The molecule has 33 heavy (non-hydrogen) atoms. The summed E-state index contributed by atoms with van der Waals surface area (Å²) in [6, 6.07) is 0. The van der Waals surface area contributed by atoms with Crippen molar-refractivity contribution < 1.29 is 33.4 Å². The second-order valence-electron chi connectivity index (χ2n) is 9.45. The van der Waals surface area contributed by atoms with Crippen molar-refractivity contribution >= 4 is 23.6 Å². The van der Waals surface area contributed by atoms with Crippen molar-refractivity contribution in [3.63, 3.8) is 0 Å². The molecule has 0 unspecified atom stereocenters. The van der Waals surface area contributed by atoms with Crippen LogP contribution in [0.2, 0.25) is 0 Å². The number of nitrogens with two attached hydrogens (primary N) is 1. The number of carbonyl (C=O) groups is 4. The van der Waals surface area contributed by atoms with Crippen LogP contribution in [0, 0.1) is 23.7 Å². The monoisotopic (exact) mass is 464 g/mol. The lowest BCUT2D eigenvalue weighted by Gasteiger charge is -2.31. The minimum atomic E-state index is -0.812. The zero-order chi connectivity index (χ0) is 24.9. The summed E-state index contributed by atoms with van der Waals surface area (Å²) in [6.07, 6.45) is 3.28. The molecule has 0 radical (unpaired) electrons. The lowest BCUT2D eigenvalue weighted by atomic mass is 9.89. The van der Waals surface area contributed by atoms with Gasteiger partial charge in [-0.05, 0) is 6.42 Å². The van der Waals surface area contributed by atoms with Gasteiger partial charge in [0.05, 0.1) is 17.8 Å². The number of hydrogen-bond acceptors (Lipinski definition) is 8. The molecule has 0 aliphatic carbocycles. The lowest BCUT2D eigenvalue weighted by molar-refractivity contribution is -0.163. The molecule has 0 aromatic heterocycles. The van der Waals surface area contributed by atoms with Gasteiger partial charge in [0.2, 0.25) is 5.91 Å². The van der Waals surface area contributed by atoms with Crippen LogP contribution < -0.4 is 5.73 Å². The summed E-state index contributed by atoms with van der Waals surface area (Å²) < 4.78 is 17.4. The number of allylic oxidation sites excluding steroid dienone is 1. The Labute approximate surface area is 195 Å². The Morgan fingerprint density at radius 2 is 1.70 bits per heavy atom. The molecular formula is C24H36N2O7. The molecule has 0 spiro atoms. The molecule has 0 aromatic carbocycles. The smallest absolute Gasteiger partial charge is 0.308 e. The highest BCUT2D eigenvalue weighted by Gasteiger charge is 2.50. The number of esters is 2. The van der Waals surface area contributed by atoms with Crippen molar-refractivity contribution in [3.8, 4) is 0 Å². The van der Waals surface area contributed by atoms with Crippen molar-refractivity contribution in [2.24, 2.45) is 29.4 Å². The quantitative estimate of drug-likeness (QED) is 0.488. The summed E-state index contributed by atoms with van der Waals surface area (Å²) in [6.45, 7) is 10.3. The van der Waals surface area contributed by atoms with Crippen molar-refractivity contribution in [2.45, 2.75) is 72.8 Å². The molecule has 1 fully saturated rings. The second-order valence-corrected chi connectivity index (χ2v) is 9.45. The molecule has 9 heteroatoms. The first-order chi connectivity index (χ1) is 15.4. The summed E-state index contributed by atoms with van der Waals surface area (Å²) in [5, 5.41) is 0. The molecule has 0 saturated carbocycles. The molecule has 2 heterocycles. The molecule has 184 valence electrons. The molecule has 0 bridgehead atoms. The summed E-state index contributed by atoms with van der Waals surface area (Å²) in [5.74, 6) is -2.89. The highest BCUT2D eigenvalue weighted by Crippen LogP contribution is 2.37. The van der Waals surface area contributed by atoms with E-state index in [4.69, 9.17) is 19.9 Å². The largest absolute Gasteiger partial charge is 0.463 e. The van der Waals surface area contributed by atoms with E-state index >= 15 is 0 Å². The van der Waals surface area contributed by atoms with Crippen LogP contribution in [0.1, 0.15) is 54.4 Å². The van der Waals surface area contributed by atoms with Crippen LogP contribution >= 0.6 is 0 Å². The highest BCUT2D eigenvalue weighted by atomic mass is 16.6. The fraction of sp³-hybridized carbons (Fsp3) is 0.667. The van der Waals surface area contributed by atoms with Crippen LogP contribution in [-0.4, -0.2) is 53.6 Å². The predicted molar refractivity (Wildman–Crippen MR) is 120 cm³/mol. The number of hydrogen-bond donors (Lipinski definition) is 1. The van der Waals surface area contributed by atoms with Gasteiger partial charge in [-0.15, -0.1) is 0 Å². The van der Waals surface area contributed by atoms with Crippen LogP contribution in [0.15, 0.2) is 24.0 Å². The van der Waals surface area contributed by atoms with Crippen LogP contribution in [0.5, 0.6) is 0 Å². The van der Waals surface area contributed by atoms with E-state index in [0.29, 0.717) is 12.0 Å². The van der Waals surface area contributed by atoms with Crippen LogP contribution in [0.3, 0.4) is 0 Å². The second kappa shape index (κ2) is 11.4. The fourth-order valence-electron chi connectivity index (χ4n) is 3.57. The maximum absolute atomic E-state index is 12.7. The third kappa shape index (κ3) is 6.90. The van der Waals surface area contributed by atoms with Gasteiger partial charge in [-0.2, -0.15) is 0 Å². The summed E-state index contributed by atoms with van der Waals surface area (Å²) in [5.41, 5.74) is 5.85. The first kappa shape index (κ1) is 26.6.